The number of piperazine rings is 1. The molecule has 21 heavy (non-hydrogen) atoms. The quantitative estimate of drug-likeness (QED) is 0.919. The van der Waals surface area contributed by atoms with Crippen molar-refractivity contribution in [3.05, 3.63) is 29.3 Å². The molecule has 1 amide bonds. The Kier molecular flexibility index (Phi) is 4.83. The maximum Gasteiger partial charge on any atom is 0.303 e. The van der Waals surface area contributed by atoms with Crippen LogP contribution in [-0.4, -0.2) is 48.1 Å². The molecule has 114 valence electrons. The molecule has 1 fully saturated rings. The van der Waals surface area contributed by atoms with Crippen LogP contribution >= 0.6 is 0 Å². The maximum absolute atomic E-state index is 11.9. The van der Waals surface area contributed by atoms with Gasteiger partial charge in [-0.05, 0) is 25.5 Å². The van der Waals surface area contributed by atoms with Crippen LogP contribution in [0.2, 0.25) is 0 Å². The Hall–Kier alpha value is -2.04. The molecule has 1 aliphatic heterocycles. The Bertz CT molecular complexity index is 534. The average molecular weight is 290 g/mol. The minimum atomic E-state index is -0.919. The van der Waals surface area contributed by atoms with E-state index in [2.05, 4.69) is 36.9 Å². The molecule has 0 atom stereocenters. The SMILES string of the molecule is Cc1ccc(N2CCN(C(=O)CCC(=O)O)CC2)c(C)c1. The van der Waals surface area contributed by atoms with E-state index in [1.807, 2.05) is 0 Å². The number of rotatable bonds is 4. The molecule has 2 rings (SSSR count). The van der Waals surface area contributed by atoms with Crippen LogP contribution < -0.4 is 4.90 Å². The summed E-state index contributed by atoms with van der Waals surface area (Å²) in [5.74, 6) is -0.977. The van der Waals surface area contributed by atoms with Crippen molar-refractivity contribution >= 4 is 17.6 Å². The largest absolute Gasteiger partial charge is 0.481 e. The second-order valence-corrected chi connectivity index (χ2v) is 5.55. The van der Waals surface area contributed by atoms with Crippen molar-refractivity contribution < 1.29 is 14.7 Å². The number of hydrogen-bond donors (Lipinski definition) is 1. The van der Waals surface area contributed by atoms with E-state index < -0.39 is 5.97 Å². The molecule has 1 heterocycles. The standard InChI is InChI=1S/C16H22N2O3/c1-12-3-4-14(13(2)11-12)17-7-9-18(10-8-17)15(19)5-6-16(20)21/h3-4,11H,5-10H2,1-2H3,(H,20,21). The van der Waals surface area contributed by atoms with Crippen molar-refractivity contribution in [2.75, 3.05) is 31.1 Å². The summed E-state index contributed by atoms with van der Waals surface area (Å²) in [7, 11) is 0. The number of aliphatic carboxylic acids is 1. The van der Waals surface area contributed by atoms with Gasteiger partial charge in [0.25, 0.3) is 0 Å². The van der Waals surface area contributed by atoms with Crippen molar-refractivity contribution in [3.63, 3.8) is 0 Å². The van der Waals surface area contributed by atoms with Crippen LogP contribution in [-0.2, 0) is 9.59 Å². The molecule has 0 aliphatic carbocycles. The summed E-state index contributed by atoms with van der Waals surface area (Å²) in [6.07, 6.45) is 0.00894. The molecule has 1 aromatic carbocycles. The van der Waals surface area contributed by atoms with Gasteiger partial charge in [0, 0.05) is 38.3 Å². The fraction of sp³-hybridized carbons (Fsp3) is 0.500. The van der Waals surface area contributed by atoms with Crippen molar-refractivity contribution in [1.29, 1.82) is 0 Å². The molecule has 0 spiro atoms. The lowest BCUT2D eigenvalue weighted by Gasteiger charge is -2.37. The van der Waals surface area contributed by atoms with Crippen molar-refractivity contribution in [2.45, 2.75) is 26.7 Å². The third-order valence-electron chi connectivity index (χ3n) is 3.88. The Morgan fingerprint density at radius 1 is 1.10 bits per heavy atom. The van der Waals surface area contributed by atoms with Gasteiger partial charge in [-0.15, -0.1) is 0 Å². The van der Waals surface area contributed by atoms with E-state index in [0.717, 1.165) is 13.1 Å². The number of anilines is 1. The molecule has 1 N–H and O–H groups in total. The molecular weight excluding hydrogens is 268 g/mol. The monoisotopic (exact) mass is 290 g/mol. The van der Waals surface area contributed by atoms with Crippen LogP contribution in [0.3, 0.4) is 0 Å². The first-order valence-corrected chi connectivity index (χ1v) is 7.29. The third kappa shape index (κ3) is 3.97. The third-order valence-corrected chi connectivity index (χ3v) is 3.88. The molecule has 1 aromatic rings. The second kappa shape index (κ2) is 6.61. The van der Waals surface area contributed by atoms with Gasteiger partial charge in [-0.2, -0.15) is 0 Å². The van der Waals surface area contributed by atoms with Crippen LogP contribution in [0, 0.1) is 13.8 Å². The summed E-state index contributed by atoms with van der Waals surface area (Å²) in [5.41, 5.74) is 3.72. The minimum absolute atomic E-state index is 0.0577. The second-order valence-electron chi connectivity index (χ2n) is 5.55. The van der Waals surface area contributed by atoms with E-state index >= 15 is 0 Å². The van der Waals surface area contributed by atoms with E-state index in [9.17, 15) is 9.59 Å². The van der Waals surface area contributed by atoms with Gasteiger partial charge in [-0.1, -0.05) is 17.7 Å². The Labute approximate surface area is 125 Å². The van der Waals surface area contributed by atoms with Gasteiger partial charge in [-0.3, -0.25) is 9.59 Å². The molecule has 5 heteroatoms. The highest BCUT2D eigenvalue weighted by molar-refractivity contribution is 5.81. The Morgan fingerprint density at radius 3 is 2.33 bits per heavy atom. The van der Waals surface area contributed by atoms with E-state index in [1.165, 1.54) is 16.8 Å². The number of amides is 1. The zero-order valence-electron chi connectivity index (χ0n) is 12.6. The molecular formula is C16H22N2O3. The topological polar surface area (TPSA) is 60.9 Å². The van der Waals surface area contributed by atoms with Gasteiger partial charge >= 0.3 is 5.97 Å². The molecule has 0 unspecified atom stereocenters. The average Bonchev–Trinajstić information content (AvgIpc) is 2.45. The van der Waals surface area contributed by atoms with Crippen LogP contribution in [0.25, 0.3) is 0 Å². The zero-order chi connectivity index (χ0) is 15.4. The van der Waals surface area contributed by atoms with Crippen molar-refractivity contribution in [3.8, 4) is 0 Å². The van der Waals surface area contributed by atoms with Crippen LogP contribution in [0.4, 0.5) is 5.69 Å². The fourth-order valence-corrected chi connectivity index (χ4v) is 2.73. The van der Waals surface area contributed by atoms with Gasteiger partial charge in [0.05, 0.1) is 6.42 Å². The van der Waals surface area contributed by atoms with E-state index in [4.69, 9.17) is 5.11 Å². The first kappa shape index (κ1) is 15.4. The summed E-state index contributed by atoms with van der Waals surface area (Å²) in [6, 6.07) is 6.40. The van der Waals surface area contributed by atoms with Gasteiger partial charge < -0.3 is 14.9 Å². The number of carboxylic acids is 1. The highest BCUT2D eigenvalue weighted by atomic mass is 16.4. The molecule has 0 bridgehead atoms. The van der Waals surface area contributed by atoms with Crippen LogP contribution in [0.5, 0.6) is 0 Å². The highest BCUT2D eigenvalue weighted by Gasteiger charge is 2.22. The van der Waals surface area contributed by atoms with E-state index in [0.29, 0.717) is 13.1 Å². The molecule has 1 saturated heterocycles. The lowest BCUT2D eigenvalue weighted by Crippen LogP contribution is -2.49. The Morgan fingerprint density at radius 2 is 1.76 bits per heavy atom. The number of carbonyl (C=O) groups is 2. The highest BCUT2D eigenvalue weighted by Crippen LogP contribution is 2.22. The van der Waals surface area contributed by atoms with Crippen molar-refractivity contribution in [1.82, 2.24) is 4.90 Å². The lowest BCUT2D eigenvalue weighted by atomic mass is 10.1. The smallest absolute Gasteiger partial charge is 0.303 e. The first-order valence-electron chi connectivity index (χ1n) is 7.29. The number of carboxylic acid groups (broad SMARTS) is 1. The predicted molar refractivity (Wildman–Crippen MR) is 81.6 cm³/mol. The molecule has 0 saturated carbocycles. The normalized spacial score (nSPS) is 15.1. The van der Waals surface area contributed by atoms with Gasteiger partial charge in [0.1, 0.15) is 0 Å². The summed E-state index contributed by atoms with van der Waals surface area (Å²) in [5, 5.41) is 8.63. The number of aryl methyl sites for hydroxylation is 2. The lowest BCUT2D eigenvalue weighted by molar-refractivity contribution is -0.141. The summed E-state index contributed by atoms with van der Waals surface area (Å²) in [6.45, 7) is 7.09. The number of hydrogen-bond acceptors (Lipinski definition) is 3. The molecule has 0 radical (unpaired) electrons. The van der Waals surface area contributed by atoms with Crippen LogP contribution in [0.1, 0.15) is 24.0 Å². The summed E-state index contributed by atoms with van der Waals surface area (Å²) < 4.78 is 0. The van der Waals surface area contributed by atoms with Crippen molar-refractivity contribution in [2.24, 2.45) is 0 Å². The molecule has 1 aliphatic rings. The first-order chi connectivity index (χ1) is 9.97. The zero-order valence-corrected chi connectivity index (χ0v) is 12.6. The predicted octanol–water partition coefficient (Wildman–Crippen LogP) is 1.82. The summed E-state index contributed by atoms with van der Waals surface area (Å²) in [4.78, 5) is 26.5. The number of carbonyl (C=O) groups excluding carboxylic acids is 1. The Balaban J connectivity index is 1.91. The minimum Gasteiger partial charge on any atom is -0.481 e. The van der Waals surface area contributed by atoms with Gasteiger partial charge in [-0.25, -0.2) is 0 Å². The summed E-state index contributed by atoms with van der Waals surface area (Å²) >= 11 is 0. The number of benzene rings is 1. The van der Waals surface area contributed by atoms with Gasteiger partial charge in [0.2, 0.25) is 5.91 Å². The van der Waals surface area contributed by atoms with Crippen LogP contribution in [0.15, 0.2) is 18.2 Å². The van der Waals surface area contributed by atoms with Gasteiger partial charge in [0.15, 0.2) is 0 Å². The van der Waals surface area contributed by atoms with E-state index in [1.54, 1.807) is 4.90 Å². The fourth-order valence-electron chi connectivity index (χ4n) is 2.73. The number of nitrogens with zero attached hydrogens (tertiary/aromatic N) is 2. The molecule has 5 nitrogen and oxygen atoms in total. The molecule has 0 aromatic heterocycles. The van der Waals surface area contributed by atoms with E-state index in [-0.39, 0.29) is 18.7 Å². The maximum atomic E-state index is 11.9.